The number of benzene rings is 1. The topological polar surface area (TPSA) is 97.8 Å². The van der Waals surface area contributed by atoms with Gasteiger partial charge in [0.25, 0.3) is 5.91 Å². The third-order valence-corrected chi connectivity index (χ3v) is 7.42. The Bertz CT molecular complexity index is 1500. The molecule has 11 heteroatoms. The van der Waals surface area contributed by atoms with Crippen LogP contribution in [0.3, 0.4) is 0 Å². The molecule has 1 aromatic carbocycles. The van der Waals surface area contributed by atoms with Crippen LogP contribution in [0, 0.1) is 11.3 Å². The fourth-order valence-electron chi connectivity index (χ4n) is 4.35. The lowest BCUT2D eigenvalue weighted by Gasteiger charge is -2.35. The molecule has 2 amide bonds. The van der Waals surface area contributed by atoms with E-state index in [0.29, 0.717) is 48.1 Å². The number of hydrogen-bond acceptors (Lipinski definition) is 7. The fourth-order valence-corrected chi connectivity index (χ4v) is 5.33. The van der Waals surface area contributed by atoms with E-state index in [2.05, 4.69) is 16.0 Å². The van der Waals surface area contributed by atoms with Gasteiger partial charge in [-0.2, -0.15) is 5.26 Å². The quantitative estimate of drug-likeness (QED) is 0.389. The third-order valence-electron chi connectivity index (χ3n) is 6.33. The first-order chi connectivity index (χ1) is 17.8. The molecule has 0 spiro atoms. The minimum absolute atomic E-state index is 0.0438. The van der Waals surface area contributed by atoms with Crippen LogP contribution in [0.5, 0.6) is 0 Å². The predicted octanol–water partition coefficient (Wildman–Crippen LogP) is 3.58. The number of hydrogen-bond donors (Lipinski definition) is 0. The van der Waals surface area contributed by atoms with Crippen molar-refractivity contribution in [1.29, 1.82) is 5.26 Å². The highest BCUT2D eigenvalue weighted by Gasteiger charge is 2.24. The van der Waals surface area contributed by atoms with Crippen LogP contribution in [0.15, 0.2) is 48.2 Å². The van der Waals surface area contributed by atoms with Crippen LogP contribution >= 0.6 is 22.9 Å². The average molecular weight is 534 g/mol. The SMILES string of the molecule is CN(C)C(=O)c1ccc(-c2cnc(N3CCN(C(=O)Cc4cn5ccsc5n4)CC3)c(C#N)c2)cc1Cl. The normalized spacial score (nSPS) is 13.6. The minimum atomic E-state index is -0.176. The van der Waals surface area contributed by atoms with Gasteiger partial charge in [0.05, 0.1) is 28.3 Å². The highest BCUT2D eigenvalue weighted by atomic mass is 35.5. The molecule has 1 aliphatic heterocycles. The second kappa shape index (κ2) is 10.2. The first kappa shape index (κ1) is 24.7. The Labute approximate surface area is 223 Å². The summed E-state index contributed by atoms with van der Waals surface area (Å²) in [5, 5.41) is 12.1. The fraction of sp³-hybridized carbons (Fsp3) is 0.269. The Balaban J connectivity index is 1.26. The number of piperazine rings is 1. The molecular weight excluding hydrogens is 510 g/mol. The van der Waals surface area contributed by atoms with E-state index in [1.54, 1.807) is 55.9 Å². The van der Waals surface area contributed by atoms with Crippen molar-refractivity contribution in [2.45, 2.75) is 6.42 Å². The van der Waals surface area contributed by atoms with Crippen molar-refractivity contribution in [1.82, 2.24) is 24.2 Å². The van der Waals surface area contributed by atoms with Crippen molar-refractivity contribution >= 4 is 45.5 Å². The van der Waals surface area contributed by atoms with Gasteiger partial charge in [-0.05, 0) is 23.8 Å². The summed E-state index contributed by atoms with van der Waals surface area (Å²) in [6, 6.07) is 9.23. The van der Waals surface area contributed by atoms with E-state index in [1.807, 2.05) is 32.0 Å². The second-order valence-corrected chi connectivity index (χ2v) is 10.3. The molecule has 0 bridgehead atoms. The van der Waals surface area contributed by atoms with E-state index < -0.39 is 0 Å². The Morgan fingerprint density at radius 1 is 1.16 bits per heavy atom. The number of carbonyl (C=O) groups excluding carboxylic acids is 2. The zero-order chi connectivity index (χ0) is 26.1. The van der Waals surface area contributed by atoms with Crippen LogP contribution in [0.4, 0.5) is 5.82 Å². The molecule has 37 heavy (non-hydrogen) atoms. The summed E-state index contributed by atoms with van der Waals surface area (Å²) in [6.07, 6.45) is 5.80. The summed E-state index contributed by atoms with van der Waals surface area (Å²) in [7, 11) is 3.34. The van der Waals surface area contributed by atoms with Crippen molar-refractivity contribution in [3.05, 3.63) is 70.1 Å². The number of nitriles is 1. The summed E-state index contributed by atoms with van der Waals surface area (Å²) in [6.45, 7) is 2.26. The van der Waals surface area contributed by atoms with E-state index in [4.69, 9.17) is 11.6 Å². The van der Waals surface area contributed by atoms with Crippen LogP contribution in [0.25, 0.3) is 16.1 Å². The van der Waals surface area contributed by atoms with E-state index in [9.17, 15) is 14.9 Å². The second-order valence-electron chi connectivity index (χ2n) is 8.97. The van der Waals surface area contributed by atoms with Crippen LogP contribution in [-0.2, 0) is 11.2 Å². The standard InChI is InChI=1S/C26H24ClN7O2S/c1-31(2)25(36)21-4-3-17(12-22(21)27)19-11-18(14-28)24(29-15-19)33-7-5-32(6-8-33)23(35)13-20-16-34-9-10-37-26(34)30-20/h3-4,9-12,15-16H,5-8,13H2,1-2H3. The molecule has 9 nitrogen and oxygen atoms in total. The van der Waals surface area contributed by atoms with Crippen molar-refractivity contribution < 1.29 is 9.59 Å². The van der Waals surface area contributed by atoms with Crippen molar-refractivity contribution in [2.24, 2.45) is 0 Å². The summed E-state index contributed by atoms with van der Waals surface area (Å²) < 4.78 is 1.93. The Hall–Kier alpha value is -3.94. The number of nitrogens with zero attached hydrogens (tertiary/aromatic N) is 7. The molecule has 0 unspecified atom stereocenters. The molecule has 4 aromatic rings. The van der Waals surface area contributed by atoms with Gasteiger partial charge in [-0.3, -0.25) is 14.0 Å². The van der Waals surface area contributed by atoms with E-state index in [1.165, 1.54) is 4.90 Å². The van der Waals surface area contributed by atoms with Crippen molar-refractivity contribution in [3.8, 4) is 17.2 Å². The largest absolute Gasteiger partial charge is 0.352 e. The number of thiazole rings is 1. The molecule has 4 heterocycles. The maximum atomic E-state index is 12.8. The lowest BCUT2D eigenvalue weighted by atomic mass is 10.0. The average Bonchev–Trinajstić information content (AvgIpc) is 3.50. The number of anilines is 1. The molecule has 1 fully saturated rings. The summed E-state index contributed by atoms with van der Waals surface area (Å²) >= 11 is 7.91. The van der Waals surface area contributed by atoms with Crippen molar-refractivity contribution in [2.75, 3.05) is 45.2 Å². The van der Waals surface area contributed by atoms with Crippen LogP contribution in [-0.4, -0.2) is 76.3 Å². The number of aromatic nitrogens is 3. The summed E-state index contributed by atoms with van der Waals surface area (Å²) in [5.41, 5.74) is 3.13. The van der Waals surface area contributed by atoms with Crippen LogP contribution < -0.4 is 4.90 Å². The number of amides is 2. The molecule has 1 aliphatic rings. The lowest BCUT2D eigenvalue weighted by Crippen LogP contribution is -2.49. The Morgan fingerprint density at radius 2 is 1.95 bits per heavy atom. The van der Waals surface area contributed by atoms with Gasteiger partial charge in [-0.25, -0.2) is 9.97 Å². The maximum Gasteiger partial charge on any atom is 0.254 e. The highest BCUT2D eigenvalue weighted by molar-refractivity contribution is 7.15. The monoisotopic (exact) mass is 533 g/mol. The molecule has 5 rings (SSSR count). The summed E-state index contributed by atoms with van der Waals surface area (Å²) in [5.74, 6) is 0.464. The predicted molar refractivity (Wildman–Crippen MR) is 143 cm³/mol. The smallest absolute Gasteiger partial charge is 0.254 e. The maximum absolute atomic E-state index is 12.8. The van der Waals surface area contributed by atoms with Crippen molar-refractivity contribution in [3.63, 3.8) is 0 Å². The van der Waals surface area contributed by atoms with Gasteiger partial charge in [0.15, 0.2) is 4.96 Å². The Kier molecular flexibility index (Phi) is 6.82. The number of fused-ring (bicyclic) bond motifs is 1. The molecule has 0 aliphatic carbocycles. The van der Waals surface area contributed by atoms with Gasteiger partial charge in [0.2, 0.25) is 5.91 Å². The molecule has 0 N–H and O–H groups in total. The Morgan fingerprint density at radius 3 is 2.62 bits per heavy atom. The number of halogens is 1. The molecule has 188 valence electrons. The van der Waals surface area contributed by atoms with Crippen LogP contribution in [0.1, 0.15) is 21.6 Å². The minimum Gasteiger partial charge on any atom is -0.352 e. The van der Waals surface area contributed by atoms with Gasteiger partial charge in [0.1, 0.15) is 11.9 Å². The van der Waals surface area contributed by atoms with Gasteiger partial charge >= 0.3 is 0 Å². The molecule has 0 saturated carbocycles. The molecular formula is C26H24ClN7O2S. The summed E-state index contributed by atoms with van der Waals surface area (Å²) in [4.78, 5) is 40.4. The molecule has 0 atom stereocenters. The zero-order valence-electron chi connectivity index (χ0n) is 20.4. The first-order valence-electron chi connectivity index (χ1n) is 11.7. The lowest BCUT2D eigenvalue weighted by molar-refractivity contribution is -0.130. The van der Waals surface area contributed by atoms with E-state index in [0.717, 1.165) is 21.8 Å². The number of carbonyl (C=O) groups is 2. The first-order valence-corrected chi connectivity index (χ1v) is 13.0. The highest BCUT2D eigenvalue weighted by Crippen LogP contribution is 2.29. The number of rotatable bonds is 5. The van der Waals surface area contributed by atoms with Gasteiger partial charge in [-0.1, -0.05) is 17.7 Å². The van der Waals surface area contributed by atoms with E-state index in [-0.39, 0.29) is 18.2 Å². The molecule has 0 radical (unpaired) electrons. The van der Waals surface area contributed by atoms with Gasteiger partial charge in [-0.15, -0.1) is 11.3 Å². The van der Waals surface area contributed by atoms with E-state index >= 15 is 0 Å². The van der Waals surface area contributed by atoms with Gasteiger partial charge < -0.3 is 14.7 Å². The molecule has 1 saturated heterocycles. The number of imidazole rings is 1. The van der Waals surface area contributed by atoms with Crippen LogP contribution in [0.2, 0.25) is 5.02 Å². The van der Waals surface area contributed by atoms with Gasteiger partial charge in [0, 0.05) is 69.8 Å². The zero-order valence-corrected chi connectivity index (χ0v) is 22.0. The number of pyridine rings is 1. The third kappa shape index (κ3) is 5.01. The molecule has 3 aromatic heterocycles.